The van der Waals surface area contributed by atoms with Crippen LogP contribution in [0.3, 0.4) is 0 Å². The number of nitro benzene ring substituents is 1. The number of carbonyl (C=O) groups excluding carboxylic acids is 1. The first-order valence-electron chi connectivity index (χ1n) is 8.23. The maximum absolute atomic E-state index is 13.2. The van der Waals surface area contributed by atoms with Gasteiger partial charge in [-0.3, -0.25) is 19.8 Å². The highest BCUT2D eigenvalue weighted by Gasteiger charge is 2.25. The van der Waals surface area contributed by atoms with Gasteiger partial charge in [0.15, 0.2) is 5.13 Å². The molecule has 0 saturated heterocycles. The van der Waals surface area contributed by atoms with Crippen molar-refractivity contribution in [2.45, 2.75) is 0 Å². The van der Waals surface area contributed by atoms with Crippen molar-refractivity contribution >= 4 is 73.9 Å². The van der Waals surface area contributed by atoms with E-state index < -0.39 is 10.8 Å². The van der Waals surface area contributed by atoms with Crippen LogP contribution >= 0.6 is 46.9 Å². The Morgan fingerprint density at radius 2 is 1.90 bits per heavy atom. The number of aromatic nitrogens is 1. The number of fused-ring (bicyclic) bond motifs is 1. The van der Waals surface area contributed by atoms with Gasteiger partial charge in [0, 0.05) is 25.2 Å². The van der Waals surface area contributed by atoms with Crippen molar-refractivity contribution < 1.29 is 9.72 Å². The molecule has 0 atom stereocenters. The van der Waals surface area contributed by atoms with Gasteiger partial charge >= 0.3 is 0 Å². The van der Waals surface area contributed by atoms with Crippen molar-refractivity contribution in [2.24, 2.45) is 0 Å². The summed E-state index contributed by atoms with van der Waals surface area (Å²) >= 11 is 13.7. The molecular weight excluding hydrogens is 459 g/mol. The lowest BCUT2D eigenvalue weighted by Gasteiger charge is -2.22. The van der Waals surface area contributed by atoms with Crippen molar-refractivity contribution in [3.63, 3.8) is 0 Å². The zero-order valence-corrected chi connectivity index (χ0v) is 18.6. The molecule has 0 saturated carbocycles. The second-order valence-electron chi connectivity index (χ2n) is 6.26. The summed E-state index contributed by atoms with van der Waals surface area (Å²) in [5.41, 5.74) is 0.463. The Balaban J connectivity index is 0.00000300. The highest BCUT2D eigenvalue weighted by atomic mass is 35.5. The van der Waals surface area contributed by atoms with Crippen molar-refractivity contribution in [3.8, 4) is 0 Å². The number of thiazole rings is 1. The van der Waals surface area contributed by atoms with E-state index in [9.17, 15) is 14.9 Å². The molecule has 0 spiro atoms. The largest absolute Gasteiger partial charge is 0.308 e. The van der Waals surface area contributed by atoms with Crippen LogP contribution in [0.15, 0.2) is 36.4 Å². The summed E-state index contributed by atoms with van der Waals surface area (Å²) in [6, 6.07) is 9.23. The van der Waals surface area contributed by atoms with Gasteiger partial charge < -0.3 is 4.90 Å². The fraction of sp³-hybridized carbons (Fsp3) is 0.222. The first kappa shape index (κ1) is 23.3. The van der Waals surface area contributed by atoms with Crippen LogP contribution in [-0.4, -0.2) is 47.9 Å². The van der Waals surface area contributed by atoms with E-state index in [1.165, 1.54) is 34.4 Å². The Kier molecular flexibility index (Phi) is 7.79. The second-order valence-corrected chi connectivity index (χ2v) is 8.09. The lowest BCUT2D eigenvalue weighted by atomic mass is 10.1. The standard InChI is InChI=1S/C18H16Cl2N4O3S.ClH/c1-22(2)8-9-23(18-21-16-14(20)4-3-5-15(16)28-18)17(25)12-10-11(24(26)27)6-7-13(12)19;/h3-7,10H,8-9H2,1-2H3;1H. The maximum Gasteiger partial charge on any atom is 0.270 e. The van der Waals surface area contributed by atoms with Gasteiger partial charge in [-0.15, -0.1) is 12.4 Å². The van der Waals surface area contributed by atoms with Gasteiger partial charge in [-0.1, -0.05) is 40.6 Å². The molecule has 0 aliphatic carbocycles. The van der Waals surface area contributed by atoms with Gasteiger partial charge in [-0.25, -0.2) is 4.98 Å². The van der Waals surface area contributed by atoms with Crippen LogP contribution in [0.2, 0.25) is 10.0 Å². The predicted octanol–water partition coefficient (Wildman–Crippen LogP) is 5.14. The molecule has 2 aromatic carbocycles. The summed E-state index contributed by atoms with van der Waals surface area (Å²) in [5.74, 6) is -0.453. The van der Waals surface area contributed by atoms with E-state index in [0.29, 0.717) is 28.8 Å². The smallest absolute Gasteiger partial charge is 0.270 e. The minimum absolute atomic E-state index is 0. The van der Waals surface area contributed by atoms with E-state index in [1.54, 1.807) is 6.07 Å². The fourth-order valence-corrected chi connectivity index (χ4v) is 4.03. The van der Waals surface area contributed by atoms with E-state index in [2.05, 4.69) is 4.98 Å². The van der Waals surface area contributed by atoms with Crippen LogP contribution in [0, 0.1) is 10.1 Å². The van der Waals surface area contributed by atoms with Crippen molar-refractivity contribution in [3.05, 3.63) is 62.1 Å². The number of hydrogen-bond acceptors (Lipinski definition) is 6. The SMILES string of the molecule is CN(C)CCN(C(=O)c1cc([N+](=O)[O-])ccc1Cl)c1nc2c(Cl)cccc2s1.Cl. The van der Waals surface area contributed by atoms with Gasteiger partial charge in [-0.2, -0.15) is 0 Å². The second kappa shape index (κ2) is 9.69. The molecule has 1 aromatic heterocycles. The van der Waals surface area contributed by atoms with Crippen LogP contribution in [0.4, 0.5) is 10.8 Å². The third-order valence-electron chi connectivity index (χ3n) is 4.00. The maximum atomic E-state index is 13.2. The number of benzene rings is 2. The molecule has 154 valence electrons. The number of amides is 1. The summed E-state index contributed by atoms with van der Waals surface area (Å²) in [7, 11) is 3.77. The first-order valence-corrected chi connectivity index (χ1v) is 9.80. The van der Waals surface area contributed by atoms with Crippen molar-refractivity contribution in [2.75, 3.05) is 32.1 Å². The highest BCUT2D eigenvalue weighted by Crippen LogP contribution is 2.34. The minimum Gasteiger partial charge on any atom is -0.308 e. The summed E-state index contributed by atoms with van der Waals surface area (Å²) in [6.45, 7) is 0.907. The van der Waals surface area contributed by atoms with Crippen LogP contribution in [0.5, 0.6) is 0 Å². The topological polar surface area (TPSA) is 79.6 Å². The summed E-state index contributed by atoms with van der Waals surface area (Å²) in [5, 5.41) is 12.2. The molecular formula is C18H17Cl3N4O3S. The molecule has 0 aliphatic rings. The van der Waals surface area contributed by atoms with Gasteiger partial charge in [0.05, 0.1) is 25.2 Å². The molecule has 0 radical (unpaired) electrons. The quantitative estimate of drug-likeness (QED) is 0.364. The van der Waals surface area contributed by atoms with E-state index >= 15 is 0 Å². The molecule has 0 N–H and O–H groups in total. The fourth-order valence-electron chi connectivity index (χ4n) is 2.54. The Morgan fingerprint density at radius 3 is 2.52 bits per heavy atom. The van der Waals surface area contributed by atoms with E-state index in [4.69, 9.17) is 23.2 Å². The molecule has 0 unspecified atom stereocenters. The number of non-ortho nitro benzene ring substituents is 1. The molecule has 3 rings (SSSR count). The third-order valence-corrected chi connectivity index (χ3v) is 5.67. The van der Waals surface area contributed by atoms with Gasteiger partial charge in [0.1, 0.15) is 5.52 Å². The number of anilines is 1. The van der Waals surface area contributed by atoms with Gasteiger partial charge in [0.2, 0.25) is 0 Å². The molecule has 29 heavy (non-hydrogen) atoms. The predicted molar refractivity (Wildman–Crippen MR) is 120 cm³/mol. The molecule has 0 fully saturated rings. The third kappa shape index (κ3) is 5.15. The summed E-state index contributed by atoms with van der Waals surface area (Å²) < 4.78 is 0.843. The average Bonchev–Trinajstić information content (AvgIpc) is 3.07. The monoisotopic (exact) mass is 474 g/mol. The first-order chi connectivity index (χ1) is 13.3. The van der Waals surface area contributed by atoms with E-state index in [0.717, 1.165) is 4.70 Å². The summed E-state index contributed by atoms with van der Waals surface area (Å²) in [4.78, 5) is 31.7. The zero-order chi connectivity index (χ0) is 20.4. The van der Waals surface area contributed by atoms with Crippen molar-refractivity contribution in [1.82, 2.24) is 9.88 Å². The number of nitro groups is 1. The molecule has 3 aromatic rings. The van der Waals surface area contributed by atoms with E-state index in [-0.39, 0.29) is 28.7 Å². The number of rotatable bonds is 6. The molecule has 0 bridgehead atoms. The minimum atomic E-state index is -0.561. The number of likely N-dealkylation sites (N-methyl/N-ethyl adjacent to an activating group) is 1. The highest BCUT2D eigenvalue weighted by molar-refractivity contribution is 7.22. The molecule has 0 aliphatic heterocycles. The number of nitrogens with zero attached hydrogens (tertiary/aromatic N) is 4. The van der Waals surface area contributed by atoms with Crippen LogP contribution in [0.1, 0.15) is 10.4 Å². The zero-order valence-electron chi connectivity index (χ0n) is 15.5. The Bertz CT molecular complexity index is 1060. The Labute approximate surface area is 187 Å². The molecule has 1 amide bonds. The lowest BCUT2D eigenvalue weighted by molar-refractivity contribution is -0.384. The number of halogens is 3. The van der Waals surface area contributed by atoms with Crippen LogP contribution in [-0.2, 0) is 0 Å². The number of para-hydroxylation sites is 1. The normalized spacial score (nSPS) is 10.8. The molecule has 1 heterocycles. The van der Waals surface area contributed by atoms with E-state index in [1.807, 2.05) is 31.1 Å². The Hall–Kier alpha value is -1.97. The number of carbonyl (C=O) groups is 1. The van der Waals surface area contributed by atoms with Crippen LogP contribution in [0.25, 0.3) is 10.2 Å². The Morgan fingerprint density at radius 1 is 1.17 bits per heavy atom. The summed E-state index contributed by atoms with van der Waals surface area (Å²) in [6.07, 6.45) is 0. The lowest BCUT2D eigenvalue weighted by Crippen LogP contribution is -2.37. The van der Waals surface area contributed by atoms with Crippen LogP contribution < -0.4 is 4.90 Å². The average molecular weight is 476 g/mol. The molecule has 7 nitrogen and oxygen atoms in total. The van der Waals surface area contributed by atoms with Gasteiger partial charge in [0.25, 0.3) is 11.6 Å². The van der Waals surface area contributed by atoms with Gasteiger partial charge in [-0.05, 0) is 32.3 Å². The van der Waals surface area contributed by atoms with Crippen molar-refractivity contribution in [1.29, 1.82) is 0 Å². The number of hydrogen-bond donors (Lipinski definition) is 0. The molecule has 11 heteroatoms.